The van der Waals surface area contributed by atoms with Gasteiger partial charge in [0, 0.05) is 33.9 Å². The molecular weight excluding hydrogens is 352 g/mol. The standard InChI is InChI=1S/C15H15BrN2O2S/c1-8-4-5-13(21-8)14(19)9-6-11-12(7-10(9)16)18(3)15(20)17(11)2/h4-7,14,19H,1-3H3. The number of benzene rings is 1. The molecule has 2 heterocycles. The van der Waals surface area contributed by atoms with Crippen molar-refractivity contribution in [2.75, 3.05) is 0 Å². The maximum Gasteiger partial charge on any atom is 0.328 e. The monoisotopic (exact) mass is 366 g/mol. The first-order valence-electron chi connectivity index (χ1n) is 6.49. The molecule has 1 unspecified atom stereocenters. The Kier molecular flexibility index (Phi) is 3.55. The summed E-state index contributed by atoms with van der Waals surface area (Å²) >= 11 is 5.08. The number of imidazole rings is 1. The van der Waals surface area contributed by atoms with Crippen LogP contribution in [-0.2, 0) is 14.1 Å². The van der Waals surface area contributed by atoms with Gasteiger partial charge < -0.3 is 5.11 Å². The second-order valence-corrected chi connectivity index (χ2v) is 7.29. The van der Waals surface area contributed by atoms with Crippen molar-refractivity contribution in [2.24, 2.45) is 14.1 Å². The zero-order valence-corrected chi connectivity index (χ0v) is 14.3. The average Bonchev–Trinajstić information content (AvgIpc) is 2.97. The highest BCUT2D eigenvalue weighted by atomic mass is 79.9. The van der Waals surface area contributed by atoms with Crippen molar-refractivity contribution in [3.8, 4) is 0 Å². The Balaban J connectivity index is 2.21. The molecule has 0 spiro atoms. The number of hydrogen-bond donors (Lipinski definition) is 1. The molecule has 21 heavy (non-hydrogen) atoms. The first-order chi connectivity index (χ1) is 9.90. The SMILES string of the molecule is Cc1ccc(C(O)c2cc3c(cc2Br)n(C)c(=O)n3C)s1. The summed E-state index contributed by atoms with van der Waals surface area (Å²) in [4.78, 5) is 14.1. The van der Waals surface area contributed by atoms with Crippen molar-refractivity contribution in [3.05, 3.63) is 54.5 Å². The zero-order valence-electron chi connectivity index (χ0n) is 11.9. The van der Waals surface area contributed by atoms with E-state index in [1.54, 1.807) is 34.6 Å². The zero-order chi connectivity index (χ0) is 15.3. The molecule has 1 aromatic carbocycles. The van der Waals surface area contributed by atoms with Gasteiger partial charge in [0.25, 0.3) is 0 Å². The highest BCUT2D eigenvalue weighted by Gasteiger charge is 2.18. The number of aliphatic hydroxyl groups is 1. The molecule has 0 saturated carbocycles. The summed E-state index contributed by atoms with van der Waals surface area (Å²) in [6.45, 7) is 2.01. The Hall–Kier alpha value is -1.37. The van der Waals surface area contributed by atoms with Crippen molar-refractivity contribution in [1.82, 2.24) is 9.13 Å². The first kappa shape index (κ1) is 14.6. The van der Waals surface area contributed by atoms with Gasteiger partial charge in [0.1, 0.15) is 6.10 Å². The van der Waals surface area contributed by atoms with Crippen LogP contribution >= 0.6 is 27.3 Å². The third-order valence-electron chi connectivity index (χ3n) is 3.72. The first-order valence-corrected chi connectivity index (χ1v) is 8.10. The van der Waals surface area contributed by atoms with Gasteiger partial charge in [-0.1, -0.05) is 15.9 Å². The fourth-order valence-electron chi connectivity index (χ4n) is 2.50. The molecule has 0 fully saturated rings. The van der Waals surface area contributed by atoms with E-state index in [-0.39, 0.29) is 5.69 Å². The number of hydrogen-bond acceptors (Lipinski definition) is 3. The summed E-state index contributed by atoms with van der Waals surface area (Å²) in [6.07, 6.45) is -0.696. The van der Waals surface area contributed by atoms with E-state index < -0.39 is 6.10 Å². The second kappa shape index (κ2) is 5.12. The van der Waals surface area contributed by atoms with Gasteiger partial charge in [-0.05, 0) is 31.2 Å². The largest absolute Gasteiger partial charge is 0.383 e. The van der Waals surface area contributed by atoms with Crippen molar-refractivity contribution < 1.29 is 5.11 Å². The fourth-order valence-corrected chi connectivity index (χ4v) is 3.93. The van der Waals surface area contributed by atoms with Crippen LogP contribution in [-0.4, -0.2) is 14.2 Å². The molecule has 6 heteroatoms. The van der Waals surface area contributed by atoms with Crippen molar-refractivity contribution in [2.45, 2.75) is 13.0 Å². The number of aromatic nitrogens is 2. The lowest BCUT2D eigenvalue weighted by Gasteiger charge is -2.12. The Bertz CT molecular complexity index is 891. The van der Waals surface area contributed by atoms with E-state index in [2.05, 4.69) is 15.9 Å². The normalized spacial score (nSPS) is 13.0. The predicted octanol–water partition coefficient (Wildman–Crippen LogP) is 3.09. The Morgan fingerprint density at radius 3 is 2.38 bits per heavy atom. The molecule has 0 amide bonds. The molecule has 1 N–H and O–H groups in total. The molecule has 0 aliphatic carbocycles. The molecule has 0 saturated heterocycles. The highest BCUT2D eigenvalue weighted by molar-refractivity contribution is 9.10. The van der Waals surface area contributed by atoms with Crippen molar-refractivity contribution >= 4 is 38.3 Å². The van der Waals surface area contributed by atoms with Gasteiger partial charge in [0.2, 0.25) is 0 Å². The second-order valence-electron chi connectivity index (χ2n) is 5.11. The molecular formula is C15H15BrN2O2S. The number of halogens is 1. The summed E-state index contributed by atoms with van der Waals surface area (Å²) < 4.78 is 4.00. The van der Waals surface area contributed by atoms with Gasteiger partial charge in [-0.3, -0.25) is 9.13 Å². The molecule has 4 nitrogen and oxygen atoms in total. The lowest BCUT2D eigenvalue weighted by molar-refractivity contribution is 0.223. The smallest absolute Gasteiger partial charge is 0.328 e. The Morgan fingerprint density at radius 1 is 1.19 bits per heavy atom. The van der Waals surface area contributed by atoms with Gasteiger partial charge in [0.15, 0.2) is 0 Å². The lowest BCUT2D eigenvalue weighted by atomic mass is 10.1. The summed E-state index contributed by atoms with van der Waals surface area (Å²) in [5.74, 6) is 0. The van der Waals surface area contributed by atoms with Gasteiger partial charge in [-0.25, -0.2) is 4.79 Å². The maximum atomic E-state index is 12.0. The molecule has 0 bridgehead atoms. The van der Waals surface area contributed by atoms with Crippen LogP contribution in [0.2, 0.25) is 0 Å². The topological polar surface area (TPSA) is 47.2 Å². The van der Waals surface area contributed by atoms with Crippen molar-refractivity contribution in [3.63, 3.8) is 0 Å². The number of rotatable bonds is 2. The number of aliphatic hydroxyl groups excluding tert-OH is 1. The third kappa shape index (κ3) is 2.27. The van der Waals surface area contributed by atoms with E-state index in [0.717, 1.165) is 30.8 Å². The van der Waals surface area contributed by atoms with E-state index in [1.165, 1.54) is 0 Å². The van der Waals surface area contributed by atoms with Gasteiger partial charge in [-0.2, -0.15) is 0 Å². The molecule has 0 aliphatic heterocycles. The van der Waals surface area contributed by atoms with Gasteiger partial charge >= 0.3 is 5.69 Å². The highest BCUT2D eigenvalue weighted by Crippen LogP contribution is 2.34. The summed E-state index contributed by atoms with van der Waals surface area (Å²) in [5.41, 5.74) is 2.35. The summed E-state index contributed by atoms with van der Waals surface area (Å²) in [5, 5.41) is 10.6. The number of fused-ring (bicyclic) bond motifs is 1. The summed E-state index contributed by atoms with van der Waals surface area (Å²) in [7, 11) is 3.49. The maximum absolute atomic E-state index is 12.0. The fraction of sp³-hybridized carbons (Fsp3) is 0.267. The van der Waals surface area contributed by atoms with Gasteiger partial charge in [-0.15, -0.1) is 11.3 Å². The Labute approximate surface area is 134 Å². The molecule has 2 aromatic heterocycles. The summed E-state index contributed by atoms with van der Waals surface area (Å²) in [6, 6.07) is 7.69. The van der Waals surface area contributed by atoms with Crippen LogP contribution in [0.25, 0.3) is 11.0 Å². The predicted molar refractivity (Wildman–Crippen MR) is 89.0 cm³/mol. The minimum Gasteiger partial charge on any atom is -0.383 e. The third-order valence-corrected chi connectivity index (χ3v) is 5.46. The van der Waals surface area contributed by atoms with Crippen LogP contribution in [0.15, 0.2) is 33.5 Å². The number of aryl methyl sites for hydroxylation is 3. The van der Waals surface area contributed by atoms with E-state index in [1.807, 2.05) is 31.2 Å². The molecule has 1 atom stereocenters. The minimum absolute atomic E-state index is 0.0736. The lowest BCUT2D eigenvalue weighted by Crippen LogP contribution is -2.19. The van der Waals surface area contributed by atoms with Gasteiger partial charge in [0.05, 0.1) is 11.0 Å². The van der Waals surface area contributed by atoms with E-state index >= 15 is 0 Å². The quantitative estimate of drug-likeness (QED) is 0.757. The average molecular weight is 367 g/mol. The molecule has 0 radical (unpaired) electrons. The van der Waals surface area contributed by atoms with E-state index in [0.29, 0.717) is 0 Å². The van der Waals surface area contributed by atoms with E-state index in [9.17, 15) is 9.90 Å². The number of nitrogens with zero attached hydrogens (tertiary/aromatic N) is 2. The van der Waals surface area contributed by atoms with Crippen LogP contribution < -0.4 is 5.69 Å². The van der Waals surface area contributed by atoms with Crippen LogP contribution in [0.4, 0.5) is 0 Å². The van der Waals surface area contributed by atoms with Crippen LogP contribution in [0, 0.1) is 6.92 Å². The van der Waals surface area contributed by atoms with Crippen LogP contribution in [0.3, 0.4) is 0 Å². The molecule has 3 aromatic rings. The number of thiophene rings is 1. The molecule has 0 aliphatic rings. The minimum atomic E-state index is -0.696. The van der Waals surface area contributed by atoms with Crippen LogP contribution in [0.1, 0.15) is 21.4 Å². The van der Waals surface area contributed by atoms with Crippen LogP contribution in [0.5, 0.6) is 0 Å². The van der Waals surface area contributed by atoms with E-state index in [4.69, 9.17) is 0 Å². The Morgan fingerprint density at radius 2 is 1.81 bits per heavy atom. The van der Waals surface area contributed by atoms with Crippen molar-refractivity contribution in [1.29, 1.82) is 0 Å². The molecule has 3 rings (SSSR count). The molecule has 110 valence electrons.